The van der Waals surface area contributed by atoms with Crippen molar-refractivity contribution in [2.75, 3.05) is 7.05 Å². The quantitative estimate of drug-likeness (QED) is 0.896. The zero-order valence-corrected chi connectivity index (χ0v) is 10.3. The van der Waals surface area contributed by atoms with Crippen LogP contribution >= 0.6 is 15.9 Å². The Bertz CT molecular complexity index is 337. The summed E-state index contributed by atoms with van der Waals surface area (Å²) in [6.45, 7) is 2.35. The van der Waals surface area contributed by atoms with E-state index >= 15 is 0 Å². The van der Waals surface area contributed by atoms with Crippen molar-refractivity contribution < 1.29 is 14.3 Å². The topological polar surface area (TPSA) is 53.7 Å². The predicted octanol–water partition coefficient (Wildman–Crippen LogP) is 2.34. The van der Waals surface area contributed by atoms with Gasteiger partial charge in [-0.2, -0.15) is 0 Å². The first kappa shape index (κ1) is 12.3. The summed E-state index contributed by atoms with van der Waals surface area (Å²) in [6.07, 6.45) is 0.577. The van der Waals surface area contributed by atoms with Crippen molar-refractivity contribution in [2.24, 2.45) is 0 Å². The first-order valence-electron chi connectivity index (χ1n) is 4.71. The van der Waals surface area contributed by atoms with E-state index in [-0.39, 0.29) is 0 Å². The van der Waals surface area contributed by atoms with Crippen molar-refractivity contribution in [1.82, 2.24) is 4.90 Å². The molecule has 0 bridgehead atoms. The van der Waals surface area contributed by atoms with Crippen LogP contribution in [0.2, 0.25) is 0 Å². The van der Waals surface area contributed by atoms with Gasteiger partial charge < -0.3 is 9.52 Å². The van der Waals surface area contributed by atoms with Gasteiger partial charge in [0, 0.05) is 0 Å². The van der Waals surface area contributed by atoms with Crippen molar-refractivity contribution in [3.8, 4) is 0 Å². The molecular formula is C10H14BrNO3. The van der Waals surface area contributed by atoms with E-state index in [4.69, 9.17) is 9.52 Å². The number of halogens is 1. The molecule has 1 rings (SSSR count). The molecule has 0 aliphatic rings. The summed E-state index contributed by atoms with van der Waals surface area (Å²) in [7, 11) is 1.78. The smallest absolute Gasteiger partial charge is 0.320 e. The highest BCUT2D eigenvalue weighted by molar-refractivity contribution is 9.10. The van der Waals surface area contributed by atoms with Crippen LogP contribution in [-0.4, -0.2) is 29.1 Å². The summed E-state index contributed by atoms with van der Waals surface area (Å²) in [6, 6.07) is 3.16. The molecule has 0 aliphatic carbocycles. The maximum atomic E-state index is 10.9. The molecule has 0 saturated heterocycles. The summed E-state index contributed by atoms with van der Waals surface area (Å²) in [5.74, 6) is -0.0466. The van der Waals surface area contributed by atoms with Gasteiger partial charge >= 0.3 is 5.97 Å². The van der Waals surface area contributed by atoms with Crippen LogP contribution in [0, 0.1) is 0 Å². The van der Waals surface area contributed by atoms with Gasteiger partial charge in [-0.05, 0) is 41.5 Å². The van der Waals surface area contributed by atoms with E-state index in [1.54, 1.807) is 18.0 Å². The molecule has 0 amide bonds. The van der Waals surface area contributed by atoms with Gasteiger partial charge in [0.05, 0.1) is 6.54 Å². The maximum absolute atomic E-state index is 10.9. The van der Waals surface area contributed by atoms with Gasteiger partial charge in [0.2, 0.25) is 0 Å². The van der Waals surface area contributed by atoms with Gasteiger partial charge in [-0.25, -0.2) is 0 Å². The minimum absolute atomic E-state index is 0.464. The van der Waals surface area contributed by atoms with E-state index in [2.05, 4.69) is 15.9 Å². The third-order valence-electron chi connectivity index (χ3n) is 2.24. The van der Waals surface area contributed by atoms with Gasteiger partial charge in [0.15, 0.2) is 4.67 Å². The number of hydrogen-bond acceptors (Lipinski definition) is 3. The second-order valence-corrected chi connectivity index (χ2v) is 4.16. The molecule has 84 valence electrons. The van der Waals surface area contributed by atoms with E-state index in [0.717, 1.165) is 5.76 Å². The Morgan fingerprint density at radius 3 is 2.73 bits per heavy atom. The molecule has 0 radical (unpaired) electrons. The molecule has 0 aromatic carbocycles. The molecular weight excluding hydrogens is 262 g/mol. The van der Waals surface area contributed by atoms with Gasteiger partial charge in [-0.15, -0.1) is 0 Å². The average Bonchev–Trinajstić information content (AvgIpc) is 2.51. The molecule has 0 fully saturated rings. The van der Waals surface area contributed by atoms with Crippen molar-refractivity contribution in [1.29, 1.82) is 0 Å². The highest BCUT2D eigenvalue weighted by Crippen LogP contribution is 2.16. The van der Waals surface area contributed by atoms with Crippen LogP contribution in [0.5, 0.6) is 0 Å². The monoisotopic (exact) mass is 275 g/mol. The van der Waals surface area contributed by atoms with Crippen LogP contribution in [0.4, 0.5) is 0 Å². The zero-order chi connectivity index (χ0) is 11.4. The second kappa shape index (κ2) is 5.32. The number of hydrogen-bond donors (Lipinski definition) is 1. The standard InChI is InChI=1S/C10H14BrNO3/c1-3-8(10(13)14)12(2)6-7-4-5-9(11)15-7/h4-5,8H,3,6H2,1-2H3,(H,13,14). The minimum atomic E-state index is -0.800. The third kappa shape index (κ3) is 3.35. The molecule has 1 heterocycles. The first-order valence-corrected chi connectivity index (χ1v) is 5.51. The van der Waals surface area contributed by atoms with E-state index in [1.807, 2.05) is 13.0 Å². The highest BCUT2D eigenvalue weighted by atomic mass is 79.9. The number of carbonyl (C=O) groups is 1. The van der Waals surface area contributed by atoms with Crippen LogP contribution in [0.3, 0.4) is 0 Å². The third-order valence-corrected chi connectivity index (χ3v) is 2.66. The maximum Gasteiger partial charge on any atom is 0.320 e. The molecule has 0 aliphatic heterocycles. The van der Waals surface area contributed by atoms with Crippen molar-refractivity contribution in [2.45, 2.75) is 25.9 Å². The second-order valence-electron chi connectivity index (χ2n) is 3.38. The zero-order valence-electron chi connectivity index (χ0n) is 8.74. The summed E-state index contributed by atoms with van der Waals surface area (Å²) < 4.78 is 5.97. The molecule has 0 saturated carbocycles. The van der Waals surface area contributed by atoms with Gasteiger partial charge in [0.25, 0.3) is 0 Å². The number of nitrogens with zero attached hydrogens (tertiary/aromatic N) is 1. The number of carboxylic acids is 1. The summed E-state index contributed by atoms with van der Waals surface area (Å²) >= 11 is 3.20. The Balaban J connectivity index is 2.61. The molecule has 1 aromatic rings. The van der Waals surface area contributed by atoms with Crippen LogP contribution in [-0.2, 0) is 11.3 Å². The van der Waals surface area contributed by atoms with Crippen LogP contribution < -0.4 is 0 Å². The lowest BCUT2D eigenvalue weighted by atomic mass is 10.2. The highest BCUT2D eigenvalue weighted by Gasteiger charge is 2.21. The van der Waals surface area contributed by atoms with E-state index < -0.39 is 12.0 Å². The fourth-order valence-corrected chi connectivity index (χ4v) is 1.81. The molecule has 0 spiro atoms. The molecule has 1 unspecified atom stereocenters. The Morgan fingerprint density at radius 1 is 1.67 bits per heavy atom. The average molecular weight is 276 g/mol. The Labute approximate surface area is 97.0 Å². The van der Waals surface area contributed by atoms with E-state index in [1.165, 1.54) is 0 Å². The summed E-state index contributed by atoms with van der Waals surface area (Å²) in [5.41, 5.74) is 0. The number of aliphatic carboxylic acids is 1. The van der Waals surface area contributed by atoms with Crippen molar-refractivity contribution in [3.05, 3.63) is 22.6 Å². The van der Waals surface area contributed by atoms with Gasteiger partial charge in [0.1, 0.15) is 11.8 Å². The van der Waals surface area contributed by atoms with Crippen LogP contribution in [0.1, 0.15) is 19.1 Å². The fourth-order valence-electron chi connectivity index (χ4n) is 1.47. The van der Waals surface area contributed by atoms with Crippen LogP contribution in [0.15, 0.2) is 21.2 Å². The first-order chi connectivity index (χ1) is 7.04. The molecule has 1 N–H and O–H groups in total. The van der Waals surface area contributed by atoms with Gasteiger partial charge in [-0.3, -0.25) is 9.69 Å². The number of carboxylic acid groups (broad SMARTS) is 1. The fraction of sp³-hybridized carbons (Fsp3) is 0.500. The van der Waals surface area contributed by atoms with Crippen molar-refractivity contribution >= 4 is 21.9 Å². The summed E-state index contributed by atoms with van der Waals surface area (Å²) in [4.78, 5) is 12.6. The Morgan fingerprint density at radius 2 is 2.33 bits per heavy atom. The lowest BCUT2D eigenvalue weighted by Crippen LogP contribution is -2.37. The van der Waals surface area contributed by atoms with E-state index in [0.29, 0.717) is 17.6 Å². The lowest BCUT2D eigenvalue weighted by molar-refractivity contribution is -0.143. The Hall–Kier alpha value is -0.810. The summed E-state index contributed by atoms with van der Waals surface area (Å²) in [5, 5.41) is 8.95. The SMILES string of the molecule is CCC(C(=O)O)N(C)Cc1ccc(Br)o1. The molecule has 5 heteroatoms. The number of furan rings is 1. The van der Waals surface area contributed by atoms with Crippen molar-refractivity contribution in [3.63, 3.8) is 0 Å². The van der Waals surface area contributed by atoms with Gasteiger partial charge in [-0.1, -0.05) is 6.92 Å². The number of rotatable bonds is 5. The molecule has 15 heavy (non-hydrogen) atoms. The number of likely N-dealkylation sites (N-methyl/N-ethyl adjacent to an activating group) is 1. The van der Waals surface area contributed by atoms with Crippen LogP contribution in [0.25, 0.3) is 0 Å². The molecule has 4 nitrogen and oxygen atoms in total. The normalized spacial score (nSPS) is 13.1. The Kier molecular flexibility index (Phi) is 4.35. The largest absolute Gasteiger partial charge is 0.480 e. The minimum Gasteiger partial charge on any atom is -0.480 e. The molecule has 1 aromatic heterocycles. The lowest BCUT2D eigenvalue weighted by Gasteiger charge is -2.22. The van der Waals surface area contributed by atoms with E-state index in [9.17, 15) is 4.79 Å². The molecule has 1 atom stereocenters. The predicted molar refractivity (Wildman–Crippen MR) is 59.6 cm³/mol.